The molecule has 0 unspecified atom stereocenters. The first-order valence-electron chi connectivity index (χ1n) is 5.90. The summed E-state index contributed by atoms with van der Waals surface area (Å²) in [5, 5.41) is 2.10. The number of aryl methyl sites for hydroxylation is 1. The van der Waals surface area contributed by atoms with E-state index in [4.69, 9.17) is 0 Å². The lowest BCUT2D eigenvalue weighted by Gasteiger charge is -1.91. The molecule has 3 aromatic rings. The van der Waals surface area contributed by atoms with Gasteiger partial charge in [-0.25, -0.2) is 0 Å². The maximum absolute atomic E-state index is 4.17. The van der Waals surface area contributed by atoms with Gasteiger partial charge in [-0.2, -0.15) is 0 Å². The summed E-state index contributed by atoms with van der Waals surface area (Å²) in [6, 6.07) is 12.4. The number of hydrogen-bond donors (Lipinski definition) is 0. The van der Waals surface area contributed by atoms with E-state index >= 15 is 0 Å². The van der Waals surface area contributed by atoms with Crippen molar-refractivity contribution in [3.8, 4) is 21.6 Å². The average Bonchev–Trinajstić information content (AvgIpc) is 3.07. The van der Waals surface area contributed by atoms with Crippen molar-refractivity contribution in [1.82, 2.24) is 4.98 Å². The first-order chi connectivity index (χ1) is 9.31. The number of hydrogen-bond acceptors (Lipinski definition) is 3. The first kappa shape index (κ1) is 12.2. The molecule has 0 aliphatic carbocycles. The zero-order valence-electron chi connectivity index (χ0n) is 10.4. The fraction of sp³-hybridized carbons (Fsp3) is 0.0625. The summed E-state index contributed by atoms with van der Waals surface area (Å²) < 4.78 is 0. The van der Waals surface area contributed by atoms with Crippen molar-refractivity contribution >= 4 is 22.7 Å². The third-order valence-electron chi connectivity index (χ3n) is 2.60. The Bertz CT molecular complexity index is 742. The smallest absolute Gasteiger partial charge is 0.0779 e. The molecule has 0 aliphatic heterocycles. The molecule has 1 nitrogen and oxygen atoms in total. The van der Waals surface area contributed by atoms with E-state index in [0.29, 0.717) is 0 Å². The van der Waals surface area contributed by atoms with E-state index in [-0.39, 0.29) is 0 Å². The van der Waals surface area contributed by atoms with Crippen LogP contribution >= 0.6 is 22.7 Å². The van der Waals surface area contributed by atoms with Gasteiger partial charge in [0, 0.05) is 27.2 Å². The number of pyridine rings is 1. The van der Waals surface area contributed by atoms with Gasteiger partial charge in [0.15, 0.2) is 0 Å². The van der Waals surface area contributed by atoms with Crippen LogP contribution in [0.5, 0.6) is 0 Å². The largest absolute Gasteiger partial charge is 0.262 e. The molecule has 3 rings (SSSR count). The minimum absolute atomic E-state index is 0.997. The van der Waals surface area contributed by atoms with Crippen molar-refractivity contribution in [3.63, 3.8) is 0 Å². The summed E-state index contributed by atoms with van der Waals surface area (Å²) in [6.07, 6.45) is 1.80. The Morgan fingerprint density at radius 3 is 2.79 bits per heavy atom. The first-order valence-corrected chi connectivity index (χ1v) is 7.59. The van der Waals surface area contributed by atoms with Gasteiger partial charge in [0.2, 0.25) is 0 Å². The molecule has 0 radical (unpaired) electrons. The van der Waals surface area contributed by atoms with E-state index in [0.717, 1.165) is 16.1 Å². The Kier molecular flexibility index (Phi) is 3.45. The zero-order chi connectivity index (χ0) is 13.1. The maximum atomic E-state index is 4.17. The third-order valence-corrected chi connectivity index (χ3v) is 4.66. The van der Waals surface area contributed by atoms with E-state index in [1.807, 2.05) is 19.1 Å². The fourth-order valence-electron chi connectivity index (χ4n) is 1.71. The lowest BCUT2D eigenvalue weighted by Crippen LogP contribution is -1.80. The molecule has 0 aromatic carbocycles. The predicted molar refractivity (Wildman–Crippen MR) is 82.6 cm³/mol. The molecule has 0 amide bonds. The lowest BCUT2D eigenvalue weighted by molar-refractivity contribution is 1.19. The number of nitrogens with zero attached hydrogens (tertiary/aromatic N) is 1. The normalized spacial score (nSPS) is 9.95. The van der Waals surface area contributed by atoms with Crippen LogP contribution in [0.1, 0.15) is 16.1 Å². The van der Waals surface area contributed by atoms with Gasteiger partial charge in [-0.05, 0) is 42.6 Å². The van der Waals surface area contributed by atoms with E-state index in [1.165, 1.54) is 9.75 Å². The molecule has 0 spiro atoms. The van der Waals surface area contributed by atoms with E-state index < -0.39 is 0 Å². The van der Waals surface area contributed by atoms with Gasteiger partial charge in [0.25, 0.3) is 0 Å². The molecule has 92 valence electrons. The van der Waals surface area contributed by atoms with E-state index in [9.17, 15) is 0 Å². The molecule has 0 aliphatic rings. The predicted octanol–water partition coefficient (Wildman–Crippen LogP) is 4.58. The van der Waals surface area contributed by atoms with Crippen LogP contribution in [0, 0.1) is 18.8 Å². The van der Waals surface area contributed by atoms with Crippen molar-refractivity contribution in [3.05, 3.63) is 64.1 Å². The summed E-state index contributed by atoms with van der Waals surface area (Å²) in [4.78, 5) is 7.85. The molecular weight excluding hydrogens is 270 g/mol. The van der Waals surface area contributed by atoms with Gasteiger partial charge in [0.1, 0.15) is 0 Å². The number of thiophene rings is 2. The SMILES string of the molecule is Cc1cc(C#Cc2ccc(-c3cccs3)s2)ccn1. The highest BCUT2D eigenvalue weighted by Crippen LogP contribution is 2.31. The second-order valence-corrected chi connectivity index (χ2v) is 6.11. The molecule has 3 heterocycles. The Morgan fingerprint density at radius 2 is 2.00 bits per heavy atom. The lowest BCUT2D eigenvalue weighted by atomic mass is 10.2. The molecule has 3 heteroatoms. The molecule has 0 saturated carbocycles. The summed E-state index contributed by atoms with van der Waals surface area (Å²) in [5.74, 6) is 6.40. The van der Waals surface area contributed by atoms with Crippen LogP contribution < -0.4 is 0 Å². The third kappa shape index (κ3) is 2.93. The van der Waals surface area contributed by atoms with E-state index in [2.05, 4.69) is 46.5 Å². The summed E-state index contributed by atoms with van der Waals surface area (Å²) in [7, 11) is 0. The highest BCUT2D eigenvalue weighted by molar-refractivity contribution is 7.21. The van der Waals surface area contributed by atoms with Gasteiger partial charge in [-0.3, -0.25) is 4.98 Å². The van der Waals surface area contributed by atoms with Crippen LogP contribution in [0.3, 0.4) is 0 Å². The maximum Gasteiger partial charge on any atom is 0.0779 e. The van der Waals surface area contributed by atoms with Crippen LogP contribution in [-0.2, 0) is 0 Å². The van der Waals surface area contributed by atoms with Gasteiger partial charge < -0.3 is 0 Å². The van der Waals surface area contributed by atoms with Gasteiger partial charge in [0.05, 0.1) is 4.88 Å². The molecule has 0 saturated heterocycles. The topological polar surface area (TPSA) is 12.9 Å². The summed E-state index contributed by atoms with van der Waals surface area (Å²) >= 11 is 3.49. The van der Waals surface area contributed by atoms with Crippen molar-refractivity contribution in [1.29, 1.82) is 0 Å². The highest BCUT2D eigenvalue weighted by Gasteiger charge is 2.01. The Morgan fingerprint density at radius 1 is 1.05 bits per heavy atom. The van der Waals surface area contributed by atoms with Crippen LogP contribution in [-0.4, -0.2) is 4.98 Å². The van der Waals surface area contributed by atoms with Crippen LogP contribution in [0.2, 0.25) is 0 Å². The molecule has 0 fully saturated rings. The molecular formula is C16H11NS2. The Labute approximate surface area is 120 Å². The van der Waals surface area contributed by atoms with Crippen LogP contribution in [0.25, 0.3) is 9.75 Å². The average molecular weight is 281 g/mol. The minimum Gasteiger partial charge on any atom is -0.262 e. The molecule has 0 bridgehead atoms. The monoisotopic (exact) mass is 281 g/mol. The Balaban J connectivity index is 1.85. The van der Waals surface area contributed by atoms with Crippen molar-refractivity contribution in [2.75, 3.05) is 0 Å². The quantitative estimate of drug-likeness (QED) is 0.595. The molecule has 19 heavy (non-hydrogen) atoms. The van der Waals surface area contributed by atoms with Crippen molar-refractivity contribution in [2.45, 2.75) is 6.92 Å². The zero-order valence-corrected chi connectivity index (χ0v) is 12.0. The highest BCUT2D eigenvalue weighted by atomic mass is 32.1. The summed E-state index contributed by atoms with van der Waals surface area (Å²) in [5.41, 5.74) is 2.01. The van der Waals surface area contributed by atoms with Crippen molar-refractivity contribution < 1.29 is 0 Å². The van der Waals surface area contributed by atoms with Gasteiger partial charge in [-0.1, -0.05) is 17.9 Å². The summed E-state index contributed by atoms with van der Waals surface area (Å²) in [6.45, 7) is 1.98. The fourth-order valence-corrected chi connectivity index (χ4v) is 3.41. The second-order valence-electron chi connectivity index (χ2n) is 4.08. The minimum atomic E-state index is 0.997. The number of rotatable bonds is 1. The standard InChI is InChI=1S/C16H11NS2/c1-12-11-13(8-9-17-12)4-5-14-6-7-16(19-14)15-3-2-10-18-15/h2-3,6-11H,1H3. The van der Waals surface area contributed by atoms with Crippen LogP contribution in [0.15, 0.2) is 48.0 Å². The van der Waals surface area contributed by atoms with Crippen LogP contribution in [0.4, 0.5) is 0 Å². The van der Waals surface area contributed by atoms with Gasteiger partial charge >= 0.3 is 0 Å². The molecule has 0 N–H and O–H groups in total. The number of aromatic nitrogens is 1. The van der Waals surface area contributed by atoms with Gasteiger partial charge in [-0.15, -0.1) is 22.7 Å². The Hall–Kier alpha value is -1.89. The molecule has 0 atom stereocenters. The second kappa shape index (κ2) is 5.40. The molecule has 3 aromatic heterocycles. The van der Waals surface area contributed by atoms with Crippen molar-refractivity contribution in [2.24, 2.45) is 0 Å². The van der Waals surface area contributed by atoms with E-state index in [1.54, 1.807) is 28.9 Å².